The lowest BCUT2D eigenvalue weighted by atomic mass is 10.1. The van der Waals surface area contributed by atoms with Crippen LogP contribution in [0.25, 0.3) is 0 Å². The van der Waals surface area contributed by atoms with Crippen molar-refractivity contribution in [1.82, 2.24) is 15.5 Å². The number of ether oxygens (including phenoxy) is 1. The molecule has 1 fully saturated rings. The molecule has 7 nitrogen and oxygen atoms in total. The molecule has 1 aliphatic heterocycles. The van der Waals surface area contributed by atoms with E-state index in [9.17, 15) is 4.79 Å². The molecule has 0 saturated carbocycles. The lowest BCUT2D eigenvalue weighted by Gasteiger charge is -2.32. The fourth-order valence-corrected chi connectivity index (χ4v) is 3.54. The average molecular weight is 433 g/mol. The maximum atomic E-state index is 11.9. The van der Waals surface area contributed by atoms with Gasteiger partial charge in [0.15, 0.2) is 5.96 Å². The third-order valence-electron chi connectivity index (χ3n) is 4.91. The highest BCUT2D eigenvalue weighted by atomic mass is 35.5. The number of carbonyl (C=O) groups excluding carboxylic acids is 1. The molecule has 2 heterocycles. The van der Waals surface area contributed by atoms with Crippen LogP contribution < -0.4 is 10.6 Å². The van der Waals surface area contributed by atoms with Crippen LogP contribution in [0.2, 0.25) is 5.02 Å². The minimum Gasteiger partial charge on any atom is -0.469 e. The monoisotopic (exact) mass is 432 g/mol. The number of nitrogens with one attached hydrogen (secondary N) is 2. The molecule has 2 aromatic rings. The summed E-state index contributed by atoms with van der Waals surface area (Å²) < 4.78 is 10.5. The Morgan fingerprint density at radius 2 is 2.13 bits per heavy atom. The maximum absolute atomic E-state index is 11.9. The van der Waals surface area contributed by atoms with Crippen molar-refractivity contribution in [2.45, 2.75) is 38.8 Å². The topological polar surface area (TPSA) is 79.1 Å². The predicted octanol–water partition coefficient (Wildman–Crippen LogP) is 3.83. The molecule has 0 atom stereocenters. The van der Waals surface area contributed by atoms with E-state index < -0.39 is 0 Å². The largest absolute Gasteiger partial charge is 0.469 e. The second-order valence-corrected chi connectivity index (χ2v) is 7.59. The Bertz CT molecular complexity index is 818. The van der Waals surface area contributed by atoms with E-state index in [1.165, 1.54) is 0 Å². The second-order valence-electron chi connectivity index (χ2n) is 7.16. The van der Waals surface area contributed by atoms with Crippen LogP contribution in [0.1, 0.15) is 31.1 Å². The van der Waals surface area contributed by atoms with Gasteiger partial charge < -0.3 is 24.7 Å². The van der Waals surface area contributed by atoms with Gasteiger partial charge in [-0.25, -0.2) is 9.79 Å². The number of furan rings is 1. The van der Waals surface area contributed by atoms with Crippen LogP contribution in [0.15, 0.2) is 52.1 Å². The van der Waals surface area contributed by atoms with Gasteiger partial charge in [0, 0.05) is 37.1 Å². The van der Waals surface area contributed by atoms with Gasteiger partial charge in [-0.3, -0.25) is 0 Å². The number of hydrogen-bond donors (Lipinski definition) is 2. The molecule has 1 aliphatic rings. The number of guanidine groups is 1. The number of amides is 1. The molecule has 8 heteroatoms. The zero-order chi connectivity index (χ0) is 21.2. The summed E-state index contributed by atoms with van der Waals surface area (Å²) in [6, 6.07) is 11.8. The van der Waals surface area contributed by atoms with Gasteiger partial charge in [-0.05, 0) is 49.6 Å². The van der Waals surface area contributed by atoms with Crippen molar-refractivity contribution in [3.05, 3.63) is 59.0 Å². The summed E-state index contributed by atoms with van der Waals surface area (Å²) in [5, 5.41) is 7.60. The lowest BCUT2D eigenvalue weighted by Crippen LogP contribution is -2.50. The highest BCUT2D eigenvalue weighted by Gasteiger charge is 2.24. The van der Waals surface area contributed by atoms with Gasteiger partial charge in [0.1, 0.15) is 5.76 Å². The van der Waals surface area contributed by atoms with Crippen molar-refractivity contribution in [3.8, 4) is 0 Å². The number of benzene rings is 1. The zero-order valence-electron chi connectivity index (χ0n) is 17.3. The van der Waals surface area contributed by atoms with Crippen molar-refractivity contribution in [2.75, 3.05) is 26.2 Å². The Hall–Kier alpha value is -2.67. The number of halogens is 1. The molecular formula is C22H29ClN4O3. The van der Waals surface area contributed by atoms with Crippen molar-refractivity contribution in [2.24, 2.45) is 4.99 Å². The van der Waals surface area contributed by atoms with E-state index in [0.29, 0.717) is 37.8 Å². The summed E-state index contributed by atoms with van der Waals surface area (Å²) in [5.41, 5.74) is 1.05. The summed E-state index contributed by atoms with van der Waals surface area (Å²) >= 11 is 6.09. The van der Waals surface area contributed by atoms with E-state index in [0.717, 1.165) is 36.5 Å². The number of hydrogen-bond acceptors (Lipinski definition) is 4. The third kappa shape index (κ3) is 6.99. The summed E-state index contributed by atoms with van der Waals surface area (Å²) in [6.07, 6.45) is 3.90. The molecular weight excluding hydrogens is 404 g/mol. The highest BCUT2D eigenvalue weighted by molar-refractivity contribution is 6.30. The molecule has 1 aromatic carbocycles. The van der Waals surface area contributed by atoms with Crippen LogP contribution in [0.5, 0.6) is 0 Å². The molecule has 2 N–H and O–H groups in total. The Kier molecular flexibility index (Phi) is 8.44. The number of aliphatic imine (C=N–C) groups is 1. The van der Waals surface area contributed by atoms with Gasteiger partial charge in [-0.1, -0.05) is 23.7 Å². The van der Waals surface area contributed by atoms with Crippen molar-refractivity contribution in [3.63, 3.8) is 0 Å². The minimum absolute atomic E-state index is 0.234. The van der Waals surface area contributed by atoms with Crippen molar-refractivity contribution >= 4 is 23.7 Å². The summed E-state index contributed by atoms with van der Waals surface area (Å²) in [6.45, 7) is 4.80. The third-order valence-corrected chi connectivity index (χ3v) is 5.15. The second kappa shape index (κ2) is 11.5. The summed E-state index contributed by atoms with van der Waals surface area (Å²) in [7, 11) is 0. The standard InChI is InChI=1S/C22H29ClN4O3/c1-2-29-22(28)27-12-9-19(10-13-27)26-21(24-11-8-20-7-4-14-30-20)25-16-17-5-3-6-18(23)15-17/h3-7,14-15,19H,2,8-13,16H2,1H3,(H2,24,25,26). The van der Waals surface area contributed by atoms with Crippen LogP contribution in [0, 0.1) is 0 Å². The minimum atomic E-state index is -0.234. The molecule has 1 aromatic heterocycles. The van der Waals surface area contributed by atoms with Crippen LogP contribution in [0.4, 0.5) is 4.79 Å². The maximum Gasteiger partial charge on any atom is 0.409 e. The normalized spacial score (nSPS) is 15.1. The zero-order valence-corrected chi connectivity index (χ0v) is 18.0. The molecule has 1 saturated heterocycles. The van der Waals surface area contributed by atoms with E-state index in [1.54, 1.807) is 11.2 Å². The number of rotatable bonds is 7. The van der Waals surface area contributed by atoms with Crippen LogP contribution in [-0.2, 0) is 17.7 Å². The van der Waals surface area contributed by atoms with Gasteiger partial charge in [0.25, 0.3) is 0 Å². The molecule has 1 amide bonds. The van der Waals surface area contributed by atoms with E-state index in [-0.39, 0.29) is 12.1 Å². The molecule has 3 rings (SSSR count). The van der Waals surface area contributed by atoms with Crippen LogP contribution in [-0.4, -0.2) is 49.2 Å². The molecule has 0 spiro atoms. The Balaban J connectivity index is 1.56. The number of carbonyl (C=O) groups is 1. The van der Waals surface area contributed by atoms with E-state index in [1.807, 2.05) is 43.3 Å². The van der Waals surface area contributed by atoms with E-state index in [4.69, 9.17) is 25.7 Å². The first kappa shape index (κ1) is 22.0. The van der Waals surface area contributed by atoms with Crippen molar-refractivity contribution < 1.29 is 13.9 Å². The predicted molar refractivity (Wildman–Crippen MR) is 118 cm³/mol. The van der Waals surface area contributed by atoms with Crippen LogP contribution in [0.3, 0.4) is 0 Å². The van der Waals surface area contributed by atoms with Gasteiger partial charge >= 0.3 is 6.09 Å². The highest BCUT2D eigenvalue weighted by Crippen LogP contribution is 2.13. The SMILES string of the molecule is CCOC(=O)N1CCC(NC(=NCc2cccc(Cl)c2)NCCc2ccco2)CC1. The number of likely N-dealkylation sites (tertiary alicyclic amines) is 1. The molecule has 0 bridgehead atoms. The Morgan fingerprint density at radius 3 is 2.83 bits per heavy atom. The fourth-order valence-electron chi connectivity index (χ4n) is 3.33. The Morgan fingerprint density at radius 1 is 1.30 bits per heavy atom. The first-order valence-corrected chi connectivity index (χ1v) is 10.7. The molecule has 0 radical (unpaired) electrons. The average Bonchev–Trinajstić information content (AvgIpc) is 3.26. The smallest absolute Gasteiger partial charge is 0.409 e. The van der Waals surface area contributed by atoms with E-state index >= 15 is 0 Å². The molecule has 0 aliphatic carbocycles. The Labute approximate surface area is 182 Å². The number of piperidine rings is 1. The number of nitrogens with zero attached hydrogens (tertiary/aromatic N) is 2. The molecule has 162 valence electrons. The first-order chi connectivity index (χ1) is 14.6. The fraction of sp³-hybridized carbons (Fsp3) is 0.455. The molecule has 0 unspecified atom stereocenters. The lowest BCUT2D eigenvalue weighted by molar-refractivity contribution is 0.0963. The van der Waals surface area contributed by atoms with Gasteiger partial charge in [0.05, 0.1) is 19.4 Å². The molecule has 30 heavy (non-hydrogen) atoms. The van der Waals surface area contributed by atoms with Crippen LogP contribution >= 0.6 is 11.6 Å². The summed E-state index contributed by atoms with van der Waals surface area (Å²) in [5.74, 6) is 1.68. The van der Waals surface area contributed by atoms with Gasteiger partial charge in [0.2, 0.25) is 0 Å². The van der Waals surface area contributed by atoms with Gasteiger partial charge in [-0.15, -0.1) is 0 Å². The van der Waals surface area contributed by atoms with Crippen molar-refractivity contribution in [1.29, 1.82) is 0 Å². The van der Waals surface area contributed by atoms with E-state index in [2.05, 4.69) is 10.6 Å². The quantitative estimate of drug-likeness (QED) is 0.513. The first-order valence-electron chi connectivity index (χ1n) is 10.4. The van der Waals surface area contributed by atoms with Gasteiger partial charge in [-0.2, -0.15) is 0 Å². The summed E-state index contributed by atoms with van der Waals surface area (Å²) in [4.78, 5) is 18.4.